The molecule has 0 bridgehead atoms. The molecule has 0 aliphatic rings. The van der Waals surface area contributed by atoms with E-state index in [1.54, 1.807) is 30.5 Å². The standard InChI is InChI=1S/C12H10BrFN2O/c13-11-4-3-9(5-12(11)14)17-10-2-1-8(6-15)16-7-10/h1-5,7H,6,15H2. The molecule has 3 nitrogen and oxygen atoms in total. The molecule has 0 aliphatic heterocycles. The van der Waals surface area contributed by atoms with Gasteiger partial charge in [-0.25, -0.2) is 4.39 Å². The van der Waals surface area contributed by atoms with E-state index in [9.17, 15) is 4.39 Å². The molecule has 0 radical (unpaired) electrons. The fourth-order valence-corrected chi connectivity index (χ4v) is 1.52. The van der Waals surface area contributed by atoms with Gasteiger partial charge in [0.05, 0.1) is 16.4 Å². The fourth-order valence-electron chi connectivity index (χ4n) is 1.27. The molecule has 0 aliphatic carbocycles. The van der Waals surface area contributed by atoms with Gasteiger partial charge >= 0.3 is 0 Å². The molecular weight excluding hydrogens is 287 g/mol. The van der Waals surface area contributed by atoms with Crippen LogP contribution in [-0.2, 0) is 6.54 Å². The van der Waals surface area contributed by atoms with Gasteiger partial charge in [0.2, 0.25) is 0 Å². The predicted molar refractivity (Wildman–Crippen MR) is 66.3 cm³/mol. The molecule has 2 N–H and O–H groups in total. The van der Waals surface area contributed by atoms with E-state index in [2.05, 4.69) is 20.9 Å². The molecule has 1 aromatic carbocycles. The van der Waals surface area contributed by atoms with Crippen molar-refractivity contribution in [2.45, 2.75) is 6.54 Å². The van der Waals surface area contributed by atoms with Crippen molar-refractivity contribution in [2.75, 3.05) is 0 Å². The molecule has 0 amide bonds. The van der Waals surface area contributed by atoms with Crippen LogP contribution in [0.4, 0.5) is 4.39 Å². The van der Waals surface area contributed by atoms with Gasteiger partial charge in [0.25, 0.3) is 0 Å². The molecule has 5 heteroatoms. The quantitative estimate of drug-likeness (QED) is 0.946. The van der Waals surface area contributed by atoms with E-state index in [4.69, 9.17) is 10.5 Å². The van der Waals surface area contributed by atoms with Gasteiger partial charge in [0.1, 0.15) is 17.3 Å². The van der Waals surface area contributed by atoms with E-state index in [-0.39, 0.29) is 5.82 Å². The number of nitrogens with zero attached hydrogens (tertiary/aromatic N) is 1. The lowest BCUT2D eigenvalue weighted by Gasteiger charge is -2.06. The van der Waals surface area contributed by atoms with Crippen LogP contribution >= 0.6 is 15.9 Å². The third-order valence-electron chi connectivity index (χ3n) is 2.13. The highest BCUT2D eigenvalue weighted by atomic mass is 79.9. The van der Waals surface area contributed by atoms with Crippen molar-refractivity contribution in [3.8, 4) is 11.5 Å². The van der Waals surface area contributed by atoms with Crippen LogP contribution in [0.25, 0.3) is 0 Å². The van der Waals surface area contributed by atoms with Crippen molar-refractivity contribution in [3.63, 3.8) is 0 Å². The van der Waals surface area contributed by atoms with Crippen molar-refractivity contribution >= 4 is 15.9 Å². The van der Waals surface area contributed by atoms with Gasteiger partial charge < -0.3 is 10.5 Å². The van der Waals surface area contributed by atoms with E-state index in [1.807, 2.05) is 0 Å². The van der Waals surface area contributed by atoms with E-state index in [1.165, 1.54) is 6.07 Å². The van der Waals surface area contributed by atoms with Gasteiger partial charge in [-0.05, 0) is 40.2 Å². The molecule has 0 saturated heterocycles. The molecule has 2 aromatic rings. The molecule has 0 unspecified atom stereocenters. The summed E-state index contributed by atoms with van der Waals surface area (Å²) in [6.45, 7) is 0.382. The Morgan fingerprint density at radius 2 is 2.00 bits per heavy atom. The first-order valence-electron chi connectivity index (χ1n) is 4.97. The maximum Gasteiger partial charge on any atom is 0.145 e. The predicted octanol–water partition coefficient (Wildman–Crippen LogP) is 3.23. The number of aromatic nitrogens is 1. The van der Waals surface area contributed by atoms with Crippen LogP contribution in [0.1, 0.15) is 5.69 Å². The summed E-state index contributed by atoms with van der Waals surface area (Å²) in [7, 11) is 0. The highest BCUT2D eigenvalue weighted by Gasteiger charge is 2.03. The summed E-state index contributed by atoms with van der Waals surface area (Å²) in [6.07, 6.45) is 1.56. The lowest BCUT2D eigenvalue weighted by molar-refractivity contribution is 0.473. The Morgan fingerprint density at radius 3 is 2.59 bits per heavy atom. The first-order chi connectivity index (χ1) is 8.19. The maximum absolute atomic E-state index is 13.2. The number of hydrogen-bond acceptors (Lipinski definition) is 3. The highest BCUT2D eigenvalue weighted by molar-refractivity contribution is 9.10. The van der Waals surface area contributed by atoms with Crippen molar-refractivity contribution in [1.29, 1.82) is 0 Å². The minimum atomic E-state index is -0.367. The van der Waals surface area contributed by atoms with Crippen LogP contribution in [0, 0.1) is 5.82 Å². The molecule has 1 aromatic heterocycles. The minimum Gasteiger partial charge on any atom is -0.456 e. The van der Waals surface area contributed by atoms with Crippen LogP contribution in [0.5, 0.6) is 11.5 Å². The Bertz CT molecular complexity index is 516. The van der Waals surface area contributed by atoms with E-state index < -0.39 is 0 Å². The smallest absolute Gasteiger partial charge is 0.145 e. The van der Waals surface area contributed by atoms with Crippen molar-refractivity contribution in [2.24, 2.45) is 5.73 Å². The summed E-state index contributed by atoms with van der Waals surface area (Å²) in [5.74, 6) is 0.603. The topological polar surface area (TPSA) is 48.1 Å². The average Bonchev–Trinajstić information content (AvgIpc) is 2.35. The van der Waals surface area contributed by atoms with Gasteiger partial charge in [0, 0.05) is 12.6 Å². The lowest BCUT2D eigenvalue weighted by Crippen LogP contribution is -1.98. The van der Waals surface area contributed by atoms with Crippen LogP contribution < -0.4 is 10.5 Å². The molecule has 0 atom stereocenters. The Labute approximate surface area is 107 Å². The molecule has 0 saturated carbocycles. The van der Waals surface area contributed by atoms with E-state index in [0.717, 1.165) is 5.69 Å². The molecular formula is C12H10BrFN2O. The third kappa shape index (κ3) is 3.01. The van der Waals surface area contributed by atoms with Crippen LogP contribution in [0.3, 0.4) is 0 Å². The second kappa shape index (κ2) is 5.25. The maximum atomic E-state index is 13.2. The van der Waals surface area contributed by atoms with Crippen LogP contribution in [0.2, 0.25) is 0 Å². The first-order valence-corrected chi connectivity index (χ1v) is 5.76. The lowest BCUT2D eigenvalue weighted by atomic mass is 10.3. The molecule has 0 fully saturated rings. The van der Waals surface area contributed by atoms with Gasteiger partial charge in [-0.1, -0.05) is 0 Å². The Morgan fingerprint density at radius 1 is 1.24 bits per heavy atom. The van der Waals surface area contributed by atoms with Crippen molar-refractivity contribution < 1.29 is 9.13 Å². The minimum absolute atomic E-state index is 0.367. The molecule has 2 rings (SSSR count). The second-order valence-corrected chi connectivity index (χ2v) is 4.22. The number of ether oxygens (including phenoxy) is 1. The zero-order chi connectivity index (χ0) is 12.3. The number of pyridine rings is 1. The number of hydrogen-bond donors (Lipinski definition) is 1. The summed E-state index contributed by atoms with van der Waals surface area (Å²) in [5, 5.41) is 0. The van der Waals surface area contributed by atoms with Gasteiger partial charge in [-0.3, -0.25) is 4.98 Å². The SMILES string of the molecule is NCc1ccc(Oc2ccc(Br)c(F)c2)cn1. The van der Waals surface area contributed by atoms with Gasteiger partial charge in [0.15, 0.2) is 0 Å². The summed E-state index contributed by atoms with van der Waals surface area (Å²) >= 11 is 3.08. The zero-order valence-corrected chi connectivity index (χ0v) is 10.4. The number of halogens is 2. The normalized spacial score (nSPS) is 10.3. The van der Waals surface area contributed by atoms with Crippen molar-refractivity contribution in [3.05, 3.63) is 52.5 Å². The van der Waals surface area contributed by atoms with Gasteiger partial charge in [-0.2, -0.15) is 0 Å². The fraction of sp³-hybridized carbons (Fsp3) is 0.0833. The Balaban J connectivity index is 2.16. The Kier molecular flexibility index (Phi) is 3.71. The Hall–Kier alpha value is -1.46. The third-order valence-corrected chi connectivity index (χ3v) is 2.78. The molecule has 0 spiro atoms. The zero-order valence-electron chi connectivity index (χ0n) is 8.86. The summed E-state index contributed by atoms with van der Waals surface area (Å²) in [4.78, 5) is 4.08. The van der Waals surface area contributed by atoms with Gasteiger partial charge in [-0.15, -0.1) is 0 Å². The average molecular weight is 297 g/mol. The second-order valence-electron chi connectivity index (χ2n) is 3.37. The molecule has 17 heavy (non-hydrogen) atoms. The highest BCUT2D eigenvalue weighted by Crippen LogP contribution is 2.25. The number of rotatable bonds is 3. The van der Waals surface area contributed by atoms with Crippen LogP contribution in [-0.4, -0.2) is 4.98 Å². The first kappa shape index (κ1) is 12.0. The molecule has 88 valence electrons. The summed E-state index contributed by atoms with van der Waals surface area (Å²) in [6, 6.07) is 8.08. The van der Waals surface area contributed by atoms with Crippen molar-refractivity contribution in [1.82, 2.24) is 4.98 Å². The van der Waals surface area contributed by atoms with E-state index >= 15 is 0 Å². The largest absolute Gasteiger partial charge is 0.456 e. The van der Waals surface area contributed by atoms with E-state index in [0.29, 0.717) is 22.5 Å². The summed E-state index contributed by atoms with van der Waals surface area (Å²) in [5.41, 5.74) is 6.21. The number of nitrogens with two attached hydrogens (primary N) is 1. The summed E-state index contributed by atoms with van der Waals surface area (Å²) < 4.78 is 19.1. The monoisotopic (exact) mass is 296 g/mol. The van der Waals surface area contributed by atoms with Crippen LogP contribution in [0.15, 0.2) is 41.0 Å². The molecule has 1 heterocycles. The number of benzene rings is 1.